The van der Waals surface area contributed by atoms with E-state index in [-0.39, 0.29) is 23.8 Å². The molecule has 0 saturated carbocycles. The number of ether oxygens (including phenoxy) is 3. The third-order valence-electron chi connectivity index (χ3n) is 5.57. The van der Waals surface area contributed by atoms with Crippen molar-refractivity contribution >= 4 is 11.9 Å². The molecule has 2 aromatic carbocycles. The Morgan fingerprint density at radius 2 is 1.68 bits per heavy atom. The van der Waals surface area contributed by atoms with Crippen LogP contribution in [0.15, 0.2) is 48.5 Å². The van der Waals surface area contributed by atoms with Gasteiger partial charge >= 0.3 is 5.97 Å². The highest BCUT2D eigenvalue weighted by molar-refractivity contribution is 5.89. The molecule has 1 aliphatic rings. The minimum atomic E-state index is -0.559. The van der Waals surface area contributed by atoms with Crippen LogP contribution in [0.5, 0.6) is 0 Å². The first-order chi connectivity index (χ1) is 14.9. The van der Waals surface area contributed by atoms with Crippen molar-refractivity contribution in [2.75, 3.05) is 20.3 Å². The quantitative estimate of drug-likeness (QED) is 0.615. The Bertz CT molecular complexity index is 872. The second kappa shape index (κ2) is 10.6. The summed E-state index contributed by atoms with van der Waals surface area (Å²) in [7, 11) is 1.35. The number of benzene rings is 2. The fraction of sp³-hybridized carbons (Fsp3) is 0.440. The Balaban J connectivity index is 1.56. The molecule has 0 aliphatic carbocycles. The molecule has 31 heavy (non-hydrogen) atoms. The second-order valence-corrected chi connectivity index (χ2v) is 8.30. The molecular formula is C25H31NO5. The maximum Gasteiger partial charge on any atom is 0.337 e. The van der Waals surface area contributed by atoms with E-state index in [1.165, 1.54) is 12.7 Å². The molecule has 0 bridgehead atoms. The number of amides is 1. The first kappa shape index (κ1) is 23.0. The summed E-state index contributed by atoms with van der Waals surface area (Å²) in [4.78, 5) is 24.5. The number of rotatable bonds is 9. The van der Waals surface area contributed by atoms with E-state index in [0.717, 1.165) is 24.3 Å². The average Bonchev–Trinajstić information content (AvgIpc) is 2.73. The third kappa shape index (κ3) is 5.93. The van der Waals surface area contributed by atoms with Crippen LogP contribution in [0.1, 0.15) is 59.8 Å². The van der Waals surface area contributed by atoms with Crippen molar-refractivity contribution in [2.24, 2.45) is 5.92 Å². The summed E-state index contributed by atoms with van der Waals surface area (Å²) in [5.41, 5.74) is 3.69. The zero-order valence-electron chi connectivity index (χ0n) is 18.6. The average molecular weight is 426 g/mol. The van der Waals surface area contributed by atoms with Gasteiger partial charge in [0.25, 0.3) is 0 Å². The summed E-state index contributed by atoms with van der Waals surface area (Å²) in [5.74, 6) is -0.0130. The highest BCUT2D eigenvalue weighted by atomic mass is 16.5. The van der Waals surface area contributed by atoms with Crippen LogP contribution in [0.3, 0.4) is 0 Å². The van der Waals surface area contributed by atoms with Gasteiger partial charge in [0.15, 0.2) is 0 Å². The van der Waals surface area contributed by atoms with E-state index >= 15 is 0 Å². The van der Waals surface area contributed by atoms with Crippen LogP contribution in [-0.2, 0) is 25.6 Å². The monoisotopic (exact) mass is 425 g/mol. The standard InChI is InChI=1S/C25H31NO5/c1-16(2)23(31-13-18-5-7-20(8-6-18)22-14-30-15-22)24(27)26-17(3)19-9-11-21(12-10-19)25(28)29-4/h5-12,16-17,22-23H,13-15H2,1-4H3,(H,26,27)/t17-,23?/m0/s1. The van der Waals surface area contributed by atoms with Crippen LogP contribution in [-0.4, -0.2) is 38.3 Å². The molecule has 1 aliphatic heterocycles. The van der Waals surface area contributed by atoms with Crippen molar-refractivity contribution < 1.29 is 23.8 Å². The zero-order valence-corrected chi connectivity index (χ0v) is 18.6. The minimum absolute atomic E-state index is 0.0281. The van der Waals surface area contributed by atoms with Crippen LogP contribution in [0, 0.1) is 5.92 Å². The Morgan fingerprint density at radius 3 is 2.19 bits per heavy atom. The Labute approximate surface area is 183 Å². The summed E-state index contributed by atoms with van der Waals surface area (Å²) in [6, 6.07) is 15.1. The topological polar surface area (TPSA) is 73.9 Å². The molecule has 2 aromatic rings. The maximum atomic E-state index is 12.9. The van der Waals surface area contributed by atoms with E-state index in [1.54, 1.807) is 12.1 Å². The van der Waals surface area contributed by atoms with Crippen molar-refractivity contribution in [1.29, 1.82) is 0 Å². The molecule has 0 radical (unpaired) electrons. The maximum absolute atomic E-state index is 12.9. The van der Waals surface area contributed by atoms with Gasteiger partial charge in [-0.2, -0.15) is 0 Å². The van der Waals surface area contributed by atoms with Crippen LogP contribution < -0.4 is 5.32 Å². The summed E-state index contributed by atoms with van der Waals surface area (Å²) in [6.07, 6.45) is -0.559. The summed E-state index contributed by atoms with van der Waals surface area (Å²) >= 11 is 0. The largest absolute Gasteiger partial charge is 0.465 e. The van der Waals surface area contributed by atoms with E-state index in [9.17, 15) is 9.59 Å². The molecule has 1 unspecified atom stereocenters. The molecule has 166 valence electrons. The van der Waals surface area contributed by atoms with Crippen molar-refractivity contribution in [3.63, 3.8) is 0 Å². The predicted octanol–water partition coefficient (Wildman–Crippen LogP) is 4.01. The number of hydrogen-bond acceptors (Lipinski definition) is 5. The van der Waals surface area contributed by atoms with Crippen molar-refractivity contribution in [1.82, 2.24) is 5.32 Å². The van der Waals surface area contributed by atoms with E-state index < -0.39 is 6.10 Å². The van der Waals surface area contributed by atoms with Gasteiger partial charge in [-0.3, -0.25) is 4.79 Å². The van der Waals surface area contributed by atoms with Crippen LogP contribution in [0.4, 0.5) is 0 Å². The lowest BCUT2D eigenvalue weighted by Gasteiger charge is -2.26. The molecule has 3 rings (SSSR count). The molecule has 1 heterocycles. The lowest BCUT2D eigenvalue weighted by atomic mass is 9.97. The lowest BCUT2D eigenvalue weighted by Crippen LogP contribution is -2.40. The molecule has 2 atom stereocenters. The van der Waals surface area contributed by atoms with Gasteiger partial charge in [-0.1, -0.05) is 50.2 Å². The molecule has 1 amide bonds. The van der Waals surface area contributed by atoms with E-state index in [4.69, 9.17) is 14.2 Å². The van der Waals surface area contributed by atoms with E-state index in [0.29, 0.717) is 18.1 Å². The highest BCUT2D eigenvalue weighted by Gasteiger charge is 2.25. The van der Waals surface area contributed by atoms with Crippen LogP contribution >= 0.6 is 0 Å². The smallest absolute Gasteiger partial charge is 0.337 e. The molecule has 6 nitrogen and oxygen atoms in total. The molecule has 1 saturated heterocycles. The molecule has 0 aromatic heterocycles. The number of hydrogen-bond donors (Lipinski definition) is 1. The van der Waals surface area contributed by atoms with Crippen LogP contribution in [0.25, 0.3) is 0 Å². The van der Waals surface area contributed by atoms with Gasteiger partial charge in [0.2, 0.25) is 5.91 Å². The highest BCUT2D eigenvalue weighted by Crippen LogP contribution is 2.24. The Morgan fingerprint density at radius 1 is 1.03 bits per heavy atom. The number of carbonyl (C=O) groups excluding carboxylic acids is 2. The Kier molecular flexibility index (Phi) is 7.82. The summed E-state index contributed by atoms with van der Waals surface area (Å²) in [5, 5.41) is 3.02. The number of esters is 1. The predicted molar refractivity (Wildman–Crippen MR) is 118 cm³/mol. The lowest BCUT2D eigenvalue weighted by molar-refractivity contribution is -0.137. The van der Waals surface area contributed by atoms with Crippen molar-refractivity contribution in [3.8, 4) is 0 Å². The summed E-state index contributed by atoms with van der Waals surface area (Å²) < 4.78 is 16.0. The van der Waals surface area contributed by atoms with Gasteiger partial charge in [0.1, 0.15) is 6.10 Å². The zero-order chi connectivity index (χ0) is 22.4. The van der Waals surface area contributed by atoms with Crippen LogP contribution in [0.2, 0.25) is 0 Å². The molecule has 1 fully saturated rings. The molecule has 6 heteroatoms. The number of methoxy groups -OCH3 is 1. The minimum Gasteiger partial charge on any atom is -0.465 e. The van der Waals surface area contributed by atoms with Gasteiger partial charge in [-0.05, 0) is 41.7 Å². The van der Waals surface area contributed by atoms with Gasteiger partial charge < -0.3 is 19.5 Å². The van der Waals surface area contributed by atoms with Gasteiger partial charge in [-0.25, -0.2) is 4.79 Å². The van der Waals surface area contributed by atoms with Gasteiger partial charge in [-0.15, -0.1) is 0 Å². The molecular weight excluding hydrogens is 394 g/mol. The molecule has 0 spiro atoms. The normalized spacial score (nSPS) is 15.8. The fourth-order valence-electron chi connectivity index (χ4n) is 3.48. The number of nitrogens with one attached hydrogen (secondary N) is 1. The summed E-state index contributed by atoms with van der Waals surface area (Å²) in [6.45, 7) is 7.80. The first-order valence-corrected chi connectivity index (χ1v) is 10.7. The fourth-order valence-corrected chi connectivity index (χ4v) is 3.48. The van der Waals surface area contributed by atoms with Gasteiger partial charge in [0.05, 0.1) is 38.5 Å². The van der Waals surface area contributed by atoms with E-state index in [2.05, 4.69) is 29.6 Å². The van der Waals surface area contributed by atoms with E-state index in [1.807, 2.05) is 32.9 Å². The van der Waals surface area contributed by atoms with Gasteiger partial charge in [0, 0.05) is 5.92 Å². The SMILES string of the molecule is COC(=O)c1ccc([C@H](C)NC(=O)C(OCc2ccc(C3COC3)cc2)C(C)C)cc1. The number of carbonyl (C=O) groups is 2. The first-order valence-electron chi connectivity index (χ1n) is 10.7. The van der Waals surface area contributed by atoms with Crippen molar-refractivity contribution in [3.05, 3.63) is 70.8 Å². The molecule has 1 N–H and O–H groups in total. The second-order valence-electron chi connectivity index (χ2n) is 8.30. The third-order valence-corrected chi connectivity index (χ3v) is 5.57. The Hall–Kier alpha value is -2.70. The van der Waals surface area contributed by atoms with Crippen molar-refractivity contribution in [2.45, 2.75) is 45.4 Å².